The Labute approximate surface area is 141 Å². The van der Waals surface area contributed by atoms with Gasteiger partial charge in [-0.1, -0.05) is 11.6 Å². The van der Waals surface area contributed by atoms with Crippen molar-refractivity contribution < 1.29 is 14.3 Å². The van der Waals surface area contributed by atoms with Crippen LogP contribution in [-0.2, 0) is 4.74 Å². The Kier molecular flexibility index (Phi) is 5.51. The number of piperidine rings is 1. The van der Waals surface area contributed by atoms with Gasteiger partial charge >= 0.3 is 6.09 Å². The van der Waals surface area contributed by atoms with Crippen LogP contribution in [0, 0.1) is 0 Å². The van der Waals surface area contributed by atoms with Crippen LogP contribution in [0.5, 0.6) is 5.75 Å². The highest BCUT2D eigenvalue weighted by Gasteiger charge is 2.28. The zero-order chi connectivity index (χ0) is 17.0. The van der Waals surface area contributed by atoms with Gasteiger partial charge in [0.2, 0.25) is 0 Å². The number of nitrogens with one attached hydrogen (secondary N) is 1. The second-order valence-electron chi connectivity index (χ2n) is 6.46. The normalized spacial score (nSPS) is 18.5. The fraction of sp³-hybridized carbons (Fsp3) is 0.667. The Hall–Kier alpha value is -1.76. The predicted octanol–water partition coefficient (Wildman–Crippen LogP) is 2.95. The lowest BCUT2D eigenvalue weighted by atomic mass is 10.1. The van der Waals surface area contributed by atoms with Crippen molar-refractivity contribution in [2.24, 2.45) is 0 Å². The molecule has 1 unspecified atom stereocenters. The Morgan fingerprint density at radius 1 is 1.43 bits per heavy atom. The summed E-state index contributed by atoms with van der Waals surface area (Å²) in [4.78, 5) is 22.0. The topological polar surface area (TPSA) is 76.6 Å². The van der Waals surface area contributed by atoms with Crippen molar-refractivity contribution >= 4 is 23.5 Å². The average Bonchev–Trinajstić information content (AvgIpc) is 2.46. The first-order valence-electron chi connectivity index (χ1n) is 7.59. The average molecular weight is 343 g/mol. The van der Waals surface area contributed by atoms with Crippen LogP contribution in [0.2, 0.25) is 5.15 Å². The third kappa shape index (κ3) is 4.86. The van der Waals surface area contributed by atoms with Crippen LogP contribution in [0.4, 0.5) is 10.6 Å². The van der Waals surface area contributed by atoms with Gasteiger partial charge in [-0.2, -0.15) is 0 Å². The summed E-state index contributed by atoms with van der Waals surface area (Å²) in [5, 5.41) is 3.53. The zero-order valence-electron chi connectivity index (χ0n) is 13.9. The third-order valence-electron chi connectivity index (χ3n) is 3.38. The van der Waals surface area contributed by atoms with Crippen LogP contribution in [0.25, 0.3) is 0 Å². The summed E-state index contributed by atoms with van der Waals surface area (Å²) >= 11 is 6.00. The van der Waals surface area contributed by atoms with Gasteiger partial charge in [0.1, 0.15) is 11.9 Å². The van der Waals surface area contributed by atoms with E-state index in [-0.39, 0.29) is 17.3 Å². The molecule has 0 bridgehead atoms. The molecule has 2 rings (SSSR count). The number of likely N-dealkylation sites (tertiary alicyclic amines) is 1. The zero-order valence-corrected chi connectivity index (χ0v) is 14.7. The number of nitrogens with zero attached hydrogens (tertiary/aromatic N) is 3. The monoisotopic (exact) mass is 342 g/mol. The molecular weight excluding hydrogens is 320 g/mol. The number of hydrogen-bond donors (Lipinski definition) is 1. The molecular formula is C15H23ClN4O3. The van der Waals surface area contributed by atoms with Gasteiger partial charge in [-0.05, 0) is 33.6 Å². The summed E-state index contributed by atoms with van der Waals surface area (Å²) in [7, 11) is 1.52. The maximum absolute atomic E-state index is 12.2. The van der Waals surface area contributed by atoms with E-state index in [0.29, 0.717) is 24.7 Å². The number of hydrogen-bond acceptors (Lipinski definition) is 6. The van der Waals surface area contributed by atoms with E-state index < -0.39 is 5.60 Å². The van der Waals surface area contributed by atoms with Crippen LogP contribution >= 0.6 is 11.6 Å². The SMILES string of the molecule is COc1c(Cl)ncnc1NC1CCCN(C(=O)OC(C)(C)C)C1. The van der Waals surface area contributed by atoms with E-state index in [1.54, 1.807) is 4.90 Å². The highest BCUT2D eigenvalue weighted by Crippen LogP contribution is 2.29. The molecule has 1 aliphatic heterocycles. The molecule has 0 saturated carbocycles. The van der Waals surface area contributed by atoms with Crippen LogP contribution in [0.1, 0.15) is 33.6 Å². The summed E-state index contributed by atoms with van der Waals surface area (Å²) in [5.74, 6) is 0.937. The van der Waals surface area contributed by atoms with Gasteiger partial charge in [0.05, 0.1) is 7.11 Å². The van der Waals surface area contributed by atoms with E-state index in [9.17, 15) is 4.79 Å². The number of carbonyl (C=O) groups is 1. The van der Waals surface area contributed by atoms with Gasteiger partial charge in [0.15, 0.2) is 16.7 Å². The van der Waals surface area contributed by atoms with E-state index in [1.807, 2.05) is 20.8 Å². The fourth-order valence-corrected chi connectivity index (χ4v) is 2.63. The minimum Gasteiger partial charge on any atom is -0.490 e. The van der Waals surface area contributed by atoms with Crippen LogP contribution in [0.15, 0.2) is 6.33 Å². The highest BCUT2D eigenvalue weighted by atomic mass is 35.5. The maximum Gasteiger partial charge on any atom is 0.410 e. The van der Waals surface area contributed by atoms with Crippen LogP contribution in [0.3, 0.4) is 0 Å². The summed E-state index contributed by atoms with van der Waals surface area (Å²) in [6.07, 6.45) is 2.89. The molecule has 1 aromatic heterocycles. The summed E-state index contributed by atoms with van der Waals surface area (Å²) < 4.78 is 10.7. The molecule has 1 atom stereocenters. The minimum absolute atomic E-state index is 0.0520. The molecule has 1 fully saturated rings. The van der Waals surface area contributed by atoms with E-state index in [2.05, 4.69) is 15.3 Å². The van der Waals surface area contributed by atoms with Crippen molar-refractivity contribution in [3.05, 3.63) is 11.5 Å². The number of methoxy groups -OCH3 is 1. The van der Waals surface area contributed by atoms with Crippen molar-refractivity contribution in [2.45, 2.75) is 45.3 Å². The van der Waals surface area contributed by atoms with Crippen molar-refractivity contribution in [3.8, 4) is 5.75 Å². The molecule has 0 spiro atoms. The molecule has 1 saturated heterocycles. The third-order valence-corrected chi connectivity index (χ3v) is 3.65. The standard InChI is InChI=1S/C15H23ClN4O3/c1-15(2,3)23-14(21)20-7-5-6-10(8-20)19-13-11(22-4)12(16)17-9-18-13/h9-10H,5-8H2,1-4H3,(H,17,18,19). The number of halogens is 1. The molecule has 2 heterocycles. The first-order chi connectivity index (χ1) is 10.8. The number of ether oxygens (including phenoxy) is 2. The van der Waals surface area contributed by atoms with Crippen molar-refractivity contribution in [3.63, 3.8) is 0 Å². The summed E-state index contributed by atoms with van der Waals surface area (Å²) in [6.45, 7) is 6.81. The molecule has 23 heavy (non-hydrogen) atoms. The first kappa shape index (κ1) is 17.6. The van der Waals surface area contributed by atoms with Gasteiger partial charge in [-0.15, -0.1) is 0 Å². The molecule has 1 aromatic rings. The highest BCUT2D eigenvalue weighted by molar-refractivity contribution is 6.31. The van der Waals surface area contributed by atoms with Gasteiger partial charge in [-0.3, -0.25) is 0 Å². The number of aromatic nitrogens is 2. The smallest absolute Gasteiger partial charge is 0.410 e. The lowest BCUT2D eigenvalue weighted by Gasteiger charge is -2.34. The maximum atomic E-state index is 12.2. The largest absolute Gasteiger partial charge is 0.490 e. The molecule has 7 nitrogen and oxygen atoms in total. The van der Waals surface area contributed by atoms with Crippen LogP contribution < -0.4 is 10.1 Å². The van der Waals surface area contributed by atoms with E-state index in [4.69, 9.17) is 21.1 Å². The van der Waals surface area contributed by atoms with Crippen LogP contribution in [-0.4, -0.2) is 52.8 Å². The molecule has 0 radical (unpaired) electrons. The molecule has 1 aliphatic rings. The fourth-order valence-electron chi connectivity index (χ4n) is 2.42. The number of anilines is 1. The van der Waals surface area contributed by atoms with Crippen molar-refractivity contribution in [2.75, 3.05) is 25.5 Å². The van der Waals surface area contributed by atoms with Crippen molar-refractivity contribution in [1.29, 1.82) is 0 Å². The van der Waals surface area contributed by atoms with E-state index >= 15 is 0 Å². The lowest BCUT2D eigenvalue weighted by molar-refractivity contribution is 0.0206. The Balaban J connectivity index is 2.02. The number of rotatable bonds is 3. The second-order valence-corrected chi connectivity index (χ2v) is 6.81. The Morgan fingerprint density at radius 3 is 2.83 bits per heavy atom. The van der Waals surface area contributed by atoms with E-state index in [0.717, 1.165) is 12.8 Å². The molecule has 8 heteroatoms. The molecule has 0 aliphatic carbocycles. The first-order valence-corrected chi connectivity index (χ1v) is 7.97. The quantitative estimate of drug-likeness (QED) is 0.851. The summed E-state index contributed by atoms with van der Waals surface area (Å²) in [5.41, 5.74) is -0.499. The number of amides is 1. The predicted molar refractivity (Wildman–Crippen MR) is 88.0 cm³/mol. The van der Waals surface area contributed by atoms with Gasteiger partial charge in [0.25, 0.3) is 0 Å². The minimum atomic E-state index is -0.499. The van der Waals surface area contributed by atoms with E-state index in [1.165, 1.54) is 13.4 Å². The van der Waals surface area contributed by atoms with Gasteiger partial charge in [0, 0.05) is 19.1 Å². The summed E-state index contributed by atoms with van der Waals surface area (Å²) in [6, 6.07) is 0.0520. The van der Waals surface area contributed by atoms with Crippen molar-refractivity contribution in [1.82, 2.24) is 14.9 Å². The van der Waals surface area contributed by atoms with Gasteiger partial charge < -0.3 is 19.7 Å². The second kappa shape index (κ2) is 7.21. The Morgan fingerprint density at radius 2 is 2.17 bits per heavy atom. The number of carbonyl (C=O) groups excluding carboxylic acids is 1. The molecule has 0 aromatic carbocycles. The lowest BCUT2D eigenvalue weighted by Crippen LogP contribution is -2.47. The molecule has 1 amide bonds. The Bertz CT molecular complexity index is 562. The molecule has 128 valence electrons. The molecule has 1 N–H and O–H groups in total. The van der Waals surface area contributed by atoms with Gasteiger partial charge in [-0.25, -0.2) is 14.8 Å².